The van der Waals surface area contributed by atoms with E-state index in [0.717, 1.165) is 10.9 Å². The number of nitro benzene ring substituents is 1. The van der Waals surface area contributed by atoms with Crippen LogP contribution >= 0.6 is 11.3 Å². The summed E-state index contributed by atoms with van der Waals surface area (Å²) >= 11 is 1.57. The van der Waals surface area contributed by atoms with Gasteiger partial charge in [0.05, 0.1) is 11.5 Å². The van der Waals surface area contributed by atoms with Gasteiger partial charge in [-0.05, 0) is 30.5 Å². The maximum atomic E-state index is 13.6. The molecule has 2 rings (SSSR count). The van der Waals surface area contributed by atoms with Crippen LogP contribution in [-0.4, -0.2) is 11.5 Å². The van der Waals surface area contributed by atoms with E-state index in [0.29, 0.717) is 18.8 Å². The van der Waals surface area contributed by atoms with Gasteiger partial charge in [0.1, 0.15) is 5.69 Å². The van der Waals surface area contributed by atoms with Crippen molar-refractivity contribution in [1.82, 2.24) is 0 Å². The smallest absolute Gasteiger partial charge is 0.327 e. The molecule has 0 spiro atoms. The van der Waals surface area contributed by atoms with Gasteiger partial charge in [-0.2, -0.15) is 4.39 Å². The Morgan fingerprint density at radius 1 is 1.37 bits per heavy atom. The Morgan fingerprint density at radius 2 is 2.16 bits per heavy atom. The number of nitrogens with zero attached hydrogens (tertiary/aromatic N) is 2. The van der Waals surface area contributed by atoms with Crippen LogP contribution in [0.15, 0.2) is 35.7 Å². The summed E-state index contributed by atoms with van der Waals surface area (Å²) in [4.78, 5) is 13.2. The number of hydrogen-bond acceptors (Lipinski definition) is 4. The molecule has 6 heteroatoms. The van der Waals surface area contributed by atoms with Crippen molar-refractivity contribution in [3.05, 3.63) is 56.5 Å². The average molecular weight is 280 g/mol. The van der Waals surface area contributed by atoms with Crippen LogP contribution in [0.1, 0.15) is 11.8 Å². The highest BCUT2D eigenvalue weighted by Crippen LogP contribution is 2.31. The van der Waals surface area contributed by atoms with Crippen molar-refractivity contribution in [3.63, 3.8) is 0 Å². The van der Waals surface area contributed by atoms with Gasteiger partial charge in [-0.15, -0.1) is 11.3 Å². The number of para-hydroxylation sites is 1. The number of rotatable bonds is 5. The van der Waals surface area contributed by atoms with Gasteiger partial charge in [0.15, 0.2) is 0 Å². The molecular weight excluding hydrogens is 267 g/mol. The van der Waals surface area contributed by atoms with Gasteiger partial charge in [-0.3, -0.25) is 10.1 Å². The van der Waals surface area contributed by atoms with Crippen LogP contribution in [0.3, 0.4) is 0 Å². The second kappa shape index (κ2) is 5.79. The Morgan fingerprint density at radius 3 is 2.74 bits per heavy atom. The molecule has 0 N–H and O–H groups in total. The Labute approximate surface area is 114 Å². The molecular formula is C13H13FN2O2S. The van der Waals surface area contributed by atoms with Crippen molar-refractivity contribution in [3.8, 4) is 0 Å². The van der Waals surface area contributed by atoms with Crippen LogP contribution in [0.5, 0.6) is 0 Å². The summed E-state index contributed by atoms with van der Waals surface area (Å²) in [5, 5.41) is 13.0. The zero-order valence-corrected chi connectivity index (χ0v) is 11.2. The van der Waals surface area contributed by atoms with Crippen LogP contribution < -0.4 is 4.90 Å². The average Bonchev–Trinajstić information content (AvgIpc) is 2.88. The van der Waals surface area contributed by atoms with E-state index in [4.69, 9.17) is 0 Å². The molecule has 2 aromatic rings. The fraction of sp³-hybridized carbons (Fsp3) is 0.231. The van der Waals surface area contributed by atoms with E-state index in [1.165, 1.54) is 6.07 Å². The fourth-order valence-electron chi connectivity index (χ4n) is 1.90. The van der Waals surface area contributed by atoms with Gasteiger partial charge in [0, 0.05) is 11.4 Å². The molecule has 1 aromatic carbocycles. The van der Waals surface area contributed by atoms with Gasteiger partial charge in [0.25, 0.3) is 0 Å². The molecule has 1 heterocycles. The largest absolute Gasteiger partial charge is 0.361 e. The summed E-state index contributed by atoms with van der Waals surface area (Å²) in [5.41, 5.74) is -0.137. The minimum atomic E-state index is -0.799. The van der Waals surface area contributed by atoms with Crippen LogP contribution in [0, 0.1) is 15.9 Å². The molecule has 19 heavy (non-hydrogen) atoms. The Bertz CT molecular complexity index is 572. The van der Waals surface area contributed by atoms with Crippen molar-refractivity contribution in [2.45, 2.75) is 13.5 Å². The lowest BCUT2D eigenvalue weighted by Crippen LogP contribution is -2.22. The highest BCUT2D eigenvalue weighted by Gasteiger charge is 2.23. The molecule has 0 aliphatic carbocycles. The third kappa shape index (κ3) is 2.90. The fourth-order valence-corrected chi connectivity index (χ4v) is 2.62. The molecule has 4 nitrogen and oxygen atoms in total. The molecule has 0 aliphatic heterocycles. The zero-order valence-electron chi connectivity index (χ0n) is 10.4. The van der Waals surface area contributed by atoms with E-state index in [1.54, 1.807) is 22.3 Å². The molecule has 0 unspecified atom stereocenters. The quantitative estimate of drug-likeness (QED) is 0.618. The highest BCUT2D eigenvalue weighted by molar-refractivity contribution is 7.09. The van der Waals surface area contributed by atoms with Crippen LogP contribution in [0.4, 0.5) is 15.8 Å². The summed E-state index contributed by atoms with van der Waals surface area (Å²) in [6.45, 7) is 3.00. The standard InChI is InChI=1S/C13H13FN2O2S/c1-2-15(9-10-5-4-8-19-10)12-7-3-6-11(14)13(12)16(17)18/h3-8H,2,9H2,1H3. The first-order chi connectivity index (χ1) is 9.13. The topological polar surface area (TPSA) is 46.4 Å². The minimum Gasteiger partial charge on any atom is -0.361 e. The van der Waals surface area contributed by atoms with Gasteiger partial charge in [-0.25, -0.2) is 0 Å². The lowest BCUT2D eigenvalue weighted by atomic mass is 10.2. The van der Waals surface area contributed by atoms with Gasteiger partial charge in [0.2, 0.25) is 5.82 Å². The molecule has 0 amide bonds. The zero-order chi connectivity index (χ0) is 13.8. The van der Waals surface area contributed by atoms with E-state index in [9.17, 15) is 14.5 Å². The SMILES string of the molecule is CCN(Cc1cccs1)c1cccc(F)c1[N+](=O)[O-]. The number of halogens is 1. The first-order valence-corrected chi connectivity index (χ1v) is 6.71. The molecule has 0 radical (unpaired) electrons. The van der Waals surface area contributed by atoms with E-state index in [1.807, 2.05) is 24.4 Å². The summed E-state index contributed by atoms with van der Waals surface area (Å²) in [5.74, 6) is -0.799. The van der Waals surface area contributed by atoms with Crippen LogP contribution in [-0.2, 0) is 6.54 Å². The predicted octanol–water partition coefficient (Wildman–Crippen LogP) is 3.82. The van der Waals surface area contributed by atoms with Crippen molar-refractivity contribution < 1.29 is 9.31 Å². The molecule has 0 saturated carbocycles. The molecule has 0 aliphatic rings. The van der Waals surface area contributed by atoms with Crippen molar-refractivity contribution >= 4 is 22.7 Å². The highest BCUT2D eigenvalue weighted by atomic mass is 32.1. The molecule has 1 aromatic heterocycles. The Balaban J connectivity index is 2.38. The lowest BCUT2D eigenvalue weighted by Gasteiger charge is -2.22. The maximum Gasteiger partial charge on any atom is 0.327 e. The molecule has 100 valence electrons. The van der Waals surface area contributed by atoms with Gasteiger partial charge >= 0.3 is 5.69 Å². The number of thiophene rings is 1. The molecule has 0 fully saturated rings. The van der Waals surface area contributed by atoms with Crippen LogP contribution in [0.2, 0.25) is 0 Å². The van der Waals surface area contributed by atoms with Crippen molar-refractivity contribution in [2.24, 2.45) is 0 Å². The number of anilines is 1. The Hall–Kier alpha value is -1.95. The summed E-state index contributed by atoms with van der Waals surface area (Å²) in [6, 6.07) is 8.07. The molecule has 0 saturated heterocycles. The van der Waals surface area contributed by atoms with E-state index >= 15 is 0 Å². The molecule has 0 bridgehead atoms. The minimum absolute atomic E-state index is 0.320. The third-order valence-corrected chi connectivity index (χ3v) is 3.66. The van der Waals surface area contributed by atoms with Crippen LogP contribution in [0.25, 0.3) is 0 Å². The summed E-state index contributed by atoms with van der Waals surface area (Å²) < 4.78 is 13.6. The third-order valence-electron chi connectivity index (χ3n) is 2.80. The monoisotopic (exact) mass is 280 g/mol. The maximum absolute atomic E-state index is 13.6. The van der Waals surface area contributed by atoms with Gasteiger partial charge < -0.3 is 4.90 Å². The molecule has 0 atom stereocenters. The summed E-state index contributed by atoms with van der Waals surface area (Å²) in [6.07, 6.45) is 0. The first kappa shape index (κ1) is 13.5. The van der Waals surface area contributed by atoms with Gasteiger partial charge in [-0.1, -0.05) is 12.1 Å². The second-order valence-electron chi connectivity index (χ2n) is 3.96. The second-order valence-corrected chi connectivity index (χ2v) is 4.99. The van der Waals surface area contributed by atoms with E-state index < -0.39 is 16.4 Å². The summed E-state index contributed by atoms with van der Waals surface area (Å²) in [7, 11) is 0. The number of benzene rings is 1. The number of nitro groups is 1. The first-order valence-electron chi connectivity index (χ1n) is 5.83. The number of hydrogen-bond donors (Lipinski definition) is 0. The van der Waals surface area contributed by atoms with Crippen molar-refractivity contribution in [2.75, 3.05) is 11.4 Å². The van der Waals surface area contributed by atoms with Crippen molar-refractivity contribution in [1.29, 1.82) is 0 Å². The normalized spacial score (nSPS) is 10.4. The lowest BCUT2D eigenvalue weighted by molar-refractivity contribution is -0.386. The predicted molar refractivity (Wildman–Crippen MR) is 74.1 cm³/mol. The Kier molecular flexibility index (Phi) is 4.11. The van der Waals surface area contributed by atoms with E-state index in [-0.39, 0.29) is 0 Å². The van der Waals surface area contributed by atoms with E-state index in [2.05, 4.69) is 0 Å².